The number of sulfonamides is 1. The molecule has 1 amide bonds. The molecule has 0 unspecified atom stereocenters. The number of carbonyl (C=O) groups excluding carboxylic acids is 1. The summed E-state index contributed by atoms with van der Waals surface area (Å²) in [4.78, 5) is 21.3. The SMILES string of the molecule is CN(c1ccccc1)S(=O)(=O)c1ccc(C(=O)Nc2nc(-c3ccccn3)cs2)cc1. The van der Waals surface area contributed by atoms with Gasteiger partial charge in [0.15, 0.2) is 5.13 Å². The molecule has 0 bridgehead atoms. The van der Waals surface area contributed by atoms with Gasteiger partial charge in [-0.2, -0.15) is 0 Å². The van der Waals surface area contributed by atoms with Gasteiger partial charge in [-0.1, -0.05) is 24.3 Å². The van der Waals surface area contributed by atoms with Crippen molar-refractivity contribution in [3.05, 3.63) is 89.9 Å². The first-order valence-corrected chi connectivity index (χ1v) is 11.6. The number of thiazole rings is 1. The molecule has 2 aromatic heterocycles. The van der Waals surface area contributed by atoms with Crippen LogP contribution >= 0.6 is 11.3 Å². The van der Waals surface area contributed by atoms with Gasteiger partial charge in [-0.3, -0.25) is 19.4 Å². The second kappa shape index (κ2) is 8.66. The molecule has 2 heterocycles. The lowest BCUT2D eigenvalue weighted by Gasteiger charge is -2.19. The summed E-state index contributed by atoms with van der Waals surface area (Å²) in [6.45, 7) is 0. The lowest BCUT2D eigenvalue weighted by molar-refractivity contribution is 0.102. The van der Waals surface area contributed by atoms with E-state index in [1.165, 1.54) is 47.0 Å². The van der Waals surface area contributed by atoms with Crippen LogP contribution in [-0.4, -0.2) is 31.3 Å². The maximum atomic E-state index is 12.9. The number of nitrogens with zero attached hydrogens (tertiary/aromatic N) is 3. The van der Waals surface area contributed by atoms with Crippen LogP contribution < -0.4 is 9.62 Å². The van der Waals surface area contributed by atoms with Crippen LogP contribution in [0.3, 0.4) is 0 Å². The molecule has 4 aromatic rings. The highest BCUT2D eigenvalue weighted by Gasteiger charge is 2.21. The van der Waals surface area contributed by atoms with Crippen LogP contribution in [0.25, 0.3) is 11.4 Å². The number of benzene rings is 2. The van der Waals surface area contributed by atoms with Crippen molar-refractivity contribution < 1.29 is 13.2 Å². The summed E-state index contributed by atoms with van der Waals surface area (Å²) in [5.74, 6) is -0.373. The van der Waals surface area contributed by atoms with Crippen molar-refractivity contribution in [1.29, 1.82) is 0 Å². The van der Waals surface area contributed by atoms with Crippen molar-refractivity contribution in [3.8, 4) is 11.4 Å². The first-order chi connectivity index (χ1) is 14.9. The van der Waals surface area contributed by atoms with Gasteiger partial charge in [0.1, 0.15) is 5.69 Å². The summed E-state index contributed by atoms with van der Waals surface area (Å²) in [7, 11) is -2.24. The summed E-state index contributed by atoms with van der Waals surface area (Å²) in [6, 6.07) is 20.1. The van der Waals surface area contributed by atoms with E-state index in [1.807, 2.05) is 29.6 Å². The first kappa shape index (κ1) is 20.7. The van der Waals surface area contributed by atoms with Crippen LogP contribution in [0.15, 0.2) is 89.3 Å². The number of rotatable bonds is 6. The minimum absolute atomic E-state index is 0.0992. The highest BCUT2D eigenvalue weighted by atomic mass is 32.2. The number of carbonyl (C=O) groups is 1. The fourth-order valence-electron chi connectivity index (χ4n) is 2.85. The van der Waals surface area contributed by atoms with Crippen LogP contribution in [0.4, 0.5) is 10.8 Å². The highest BCUT2D eigenvalue weighted by Crippen LogP contribution is 2.25. The van der Waals surface area contributed by atoms with Gasteiger partial charge in [0, 0.05) is 24.2 Å². The van der Waals surface area contributed by atoms with Gasteiger partial charge in [-0.05, 0) is 48.5 Å². The average molecular weight is 451 g/mol. The lowest BCUT2D eigenvalue weighted by atomic mass is 10.2. The van der Waals surface area contributed by atoms with E-state index >= 15 is 0 Å². The maximum Gasteiger partial charge on any atom is 0.264 e. The van der Waals surface area contributed by atoms with Crippen molar-refractivity contribution >= 4 is 38.1 Å². The van der Waals surface area contributed by atoms with Gasteiger partial charge in [-0.15, -0.1) is 11.3 Å². The number of aromatic nitrogens is 2. The molecule has 9 heteroatoms. The molecule has 7 nitrogen and oxygen atoms in total. The third-order valence-corrected chi connectivity index (χ3v) is 7.10. The Bertz CT molecular complexity index is 1290. The Kier molecular flexibility index (Phi) is 5.79. The number of hydrogen-bond acceptors (Lipinski definition) is 6. The fourth-order valence-corrected chi connectivity index (χ4v) is 4.74. The molecule has 0 saturated carbocycles. The zero-order valence-electron chi connectivity index (χ0n) is 16.5. The molecule has 0 radical (unpaired) electrons. The van der Waals surface area contributed by atoms with E-state index in [4.69, 9.17) is 0 Å². The average Bonchev–Trinajstić information content (AvgIpc) is 3.28. The molecule has 2 aromatic carbocycles. The Morgan fingerprint density at radius 2 is 1.65 bits per heavy atom. The molecule has 31 heavy (non-hydrogen) atoms. The molecule has 0 atom stereocenters. The molecule has 156 valence electrons. The number of para-hydroxylation sites is 1. The van der Waals surface area contributed by atoms with Crippen LogP contribution in [0.2, 0.25) is 0 Å². The summed E-state index contributed by atoms with van der Waals surface area (Å²) >= 11 is 1.29. The van der Waals surface area contributed by atoms with Crippen molar-refractivity contribution in [3.63, 3.8) is 0 Å². The minimum Gasteiger partial charge on any atom is -0.298 e. The smallest absolute Gasteiger partial charge is 0.264 e. The number of pyridine rings is 1. The molecule has 0 fully saturated rings. The van der Waals surface area contributed by atoms with Gasteiger partial charge in [0.25, 0.3) is 15.9 Å². The number of anilines is 2. The third-order valence-electron chi connectivity index (χ3n) is 4.55. The van der Waals surface area contributed by atoms with E-state index in [1.54, 1.807) is 30.5 Å². The number of amides is 1. The van der Waals surface area contributed by atoms with Crippen LogP contribution in [0, 0.1) is 0 Å². The molecular weight excluding hydrogens is 432 g/mol. The topological polar surface area (TPSA) is 92.3 Å². The summed E-state index contributed by atoms with van der Waals surface area (Å²) in [5.41, 5.74) is 2.27. The molecule has 0 aliphatic rings. The van der Waals surface area contributed by atoms with E-state index in [2.05, 4.69) is 15.3 Å². The Morgan fingerprint density at radius 1 is 0.935 bits per heavy atom. The fraction of sp³-hybridized carbons (Fsp3) is 0.0455. The van der Waals surface area contributed by atoms with E-state index in [9.17, 15) is 13.2 Å². The molecule has 1 N–H and O–H groups in total. The molecule has 0 saturated heterocycles. The maximum absolute atomic E-state index is 12.9. The molecule has 0 aliphatic carbocycles. The summed E-state index contributed by atoms with van der Waals surface area (Å²) in [6.07, 6.45) is 1.68. The van der Waals surface area contributed by atoms with Crippen LogP contribution in [0.5, 0.6) is 0 Å². The Morgan fingerprint density at radius 3 is 2.32 bits per heavy atom. The third kappa shape index (κ3) is 4.47. The van der Waals surface area contributed by atoms with Crippen molar-refractivity contribution in [2.75, 3.05) is 16.7 Å². The molecular formula is C22H18N4O3S2. The summed E-state index contributed by atoms with van der Waals surface area (Å²) in [5, 5.41) is 4.98. The van der Waals surface area contributed by atoms with Crippen LogP contribution in [0.1, 0.15) is 10.4 Å². The minimum atomic E-state index is -3.74. The quantitative estimate of drug-likeness (QED) is 0.473. The van der Waals surface area contributed by atoms with Gasteiger partial charge < -0.3 is 0 Å². The Labute approximate surface area is 184 Å². The van der Waals surface area contributed by atoms with E-state index in [-0.39, 0.29) is 10.8 Å². The monoisotopic (exact) mass is 450 g/mol. The molecule has 4 rings (SSSR count). The Hall–Kier alpha value is -3.56. The van der Waals surface area contributed by atoms with Crippen molar-refractivity contribution in [2.24, 2.45) is 0 Å². The normalized spacial score (nSPS) is 11.1. The molecule has 0 aliphatic heterocycles. The van der Waals surface area contributed by atoms with Crippen LogP contribution in [-0.2, 0) is 10.0 Å². The lowest BCUT2D eigenvalue weighted by Crippen LogP contribution is -2.26. The van der Waals surface area contributed by atoms with Crippen molar-refractivity contribution in [2.45, 2.75) is 4.90 Å². The zero-order chi connectivity index (χ0) is 21.8. The van der Waals surface area contributed by atoms with Gasteiger partial charge in [0.05, 0.1) is 16.3 Å². The predicted molar refractivity (Wildman–Crippen MR) is 122 cm³/mol. The highest BCUT2D eigenvalue weighted by molar-refractivity contribution is 7.92. The standard InChI is InChI=1S/C22H18N4O3S2/c1-26(17-7-3-2-4-8-17)31(28,29)18-12-10-16(11-13-18)21(27)25-22-24-20(15-30-22)19-9-5-6-14-23-19/h2-15H,1H3,(H,24,25,27). The second-order valence-corrected chi connectivity index (χ2v) is 9.37. The first-order valence-electron chi connectivity index (χ1n) is 9.27. The Balaban J connectivity index is 1.48. The summed E-state index contributed by atoms with van der Waals surface area (Å²) < 4.78 is 26.9. The zero-order valence-corrected chi connectivity index (χ0v) is 18.1. The predicted octanol–water partition coefficient (Wildman–Crippen LogP) is 4.28. The van der Waals surface area contributed by atoms with Gasteiger partial charge in [0.2, 0.25) is 0 Å². The van der Waals surface area contributed by atoms with Gasteiger partial charge in [-0.25, -0.2) is 13.4 Å². The second-order valence-electron chi connectivity index (χ2n) is 6.54. The van der Waals surface area contributed by atoms with Crippen molar-refractivity contribution in [1.82, 2.24) is 9.97 Å². The number of nitrogens with one attached hydrogen (secondary N) is 1. The van der Waals surface area contributed by atoms with Gasteiger partial charge >= 0.3 is 0 Å². The number of hydrogen-bond donors (Lipinski definition) is 1. The molecule has 0 spiro atoms. The van der Waals surface area contributed by atoms with E-state index in [0.29, 0.717) is 22.1 Å². The van der Waals surface area contributed by atoms with E-state index in [0.717, 1.165) is 5.69 Å². The van der Waals surface area contributed by atoms with E-state index < -0.39 is 10.0 Å². The largest absolute Gasteiger partial charge is 0.298 e.